The van der Waals surface area contributed by atoms with Crippen molar-refractivity contribution in [3.8, 4) is 0 Å². The van der Waals surface area contributed by atoms with Gasteiger partial charge in [0.15, 0.2) is 0 Å². The SMILES string of the molecule is CCc1ccc2c(Br)csc2c1Br. The number of benzene rings is 1. The fourth-order valence-corrected chi connectivity index (χ4v) is 3.88. The average molecular weight is 320 g/mol. The summed E-state index contributed by atoms with van der Waals surface area (Å²) in [7, 11) is 0. The van der Waals surface area contributed by atoms with Crippen LogP contribution >= 0.6 is 43.2 Å². The molecular weight excluding hydrogens is 312 g/mol. The van der Waals surface area contributed by atoms with Crippen molar-refractivity contribution in [1.29, 1.82) is 0 Å². The normalized spacial score (nSPS) is 11.0. The van der Waals surface area contributed by atoms with E-state index in [4.69, 9.17) is 0 Å². The van der Waals surface area contributed by atoms with Crippen molar-refractivity contribution in [2.75, 3.05) is 0 Å². The van der Waals surface area contributed by atoms with Gasteiger partial charge in [0.25, 0.3) is 0 Å². The summed E-state index contributed by atoms with van der Waals surface area (Å²) in [5.74, 6) is 0. The third kappa shape index (κ3) is 1.58. The highest BCUT2D eigenvalue weighted by Crippen LogP contribution is 2.37. The minimum Gasteiger partial charge on any atom is -0.141 e. The van der Waals surface area contributed by atoms with E-state index in [0.717, 1.165) is 6.42 Å². The van der Waals surface area contributed by atoms with Crippen molar-refractivity contribution in [3.05, 3.63) is 32.0 Å². The molecule has 1 aromatic carbocycles. The van der Waals surface area contributed by atoms with E-state index in [-0.39, 0.29) is 0 Å². The molecule has 3 heteroatoms. The standard InChI is InChI=1S/C10H8Br2S/c1-2-6-3-4-7-8(11)5-13-10(7)9(6)12/h3-5H,2H2,1H3. The van der Waals surface area contributed by atoms with Crippen LogP contribution in [0.3, 0.4) is 0 Å². The number of thiophene rings is 1. The fourth-order valence-electron chi connectivity index (χ4n) is 1.35. The Morgan fingerprint density at radius 2 is 2.08 bits per heavy atom. The molecule has 0 radical (unpaired) electrons. The molecule has 0 aliphatic rings. The van der Waals surface area contributed by atoms with Crippen LogP contribution in [0.5, 0.6) is 0 Å². The lowest BCUT2D eigenvalue weighted by Crippen LogP contribution is -1.81. The molecule has 2 rings (SSSR count). The zero-order chi connectivity index (χ0) is 9.42. The Bertz CT molecular complexity index is 445. The van der Waals surface area contributed by atoms with Crippen LogP contribution in [0.1, 0.15) is 12.5 Å². The molecule has 13 heavy (non-hydrogen) atoms. The van der Waals surface area contributed by atoms with Gasteiger partial charge in [-0.3, -0.25) is 0 Å². The zero-order valence-corrected chi connectivity index (χ0v) is 11.1. The Kier molecular flexibility index (Phi) is 2.77. The maximum Gasteiger partial charge on any atom is 0.0499 e. The van der Waals surface area contributed by atoms with Gasteiger partial charge >= 0.3 is 0 Å². The largest absolute Gasteiger partial charge is 0.141 e. The lowest BCUT2D eigenvalue weighted by molar-refractivity contribution is 1.14. The van der Waals surface area contributed by atoms with Gasteiger partial charge in [-0.25, -0.2) is 0 Å². The molecule has 0 aliphatic carbocycles. The molecule has 0 saturated heterocycles. The molecule has 0 saturated carbocycles. The number of hydrogen-bond donors (Lipinski definition) is 0. The first-order valence-corrected chi connectivity index (χ1v) is 6.54. The predicted molar refractivity (Wildman–Crippen MR) is 66.6 cm³/mol. The summed E-state index contributed by atoms with van der Waals surface area (Å²) < 4.78 is 3.78. The molecule has 0 bridgehead atoms. The second-order valence-electron chi connectivity index (χ2n) is 2.85. The van der Waals surface area contributed by atoms with Crippen LogP contribution in [-0.4, -0.2) is 0 Å². The quantitative estimate of drug-likeness (QED) is 0.694. The summed E-state index contributed by atoms with van der Waals surface area (Å²) in [6.07, 6.45) is 1.08. The zero-order valence-electron chi connectivity index (χ0n) is 7.10. The second-order valence-corrected chi connectivity index (χ2v) is 5.38. The smallest absolute Gasteiger partial charge is 0.0499 e. The molecule has 68 valence electrons. The summed E-state index contributed by atoms with van der Waals surface area (Å²) in [5.41, 5.74) is 1.38. The third-order valence-corrected chi connectivity index (χ3v) is 5.24. The lowest BCUT2D eigenvalue weighted by Gasteiger charge is -2.01. The first kappa shape index (κ1) is 9.69. The van der Waals surface area contributed by atoms with E-state index < -0.39 is 0 Å². The number of hydrogen-bond acceptors (Lipinski definition) is 1. The first-order chi connectivity index (χ1) is 6.24. The van der Waals surface area contributed by atoms with E-state index in [2.05, 4.69) is 56.3 Å². The van der Waals surface area contributed by atoms with E-state index in [0.29, 0.717) is 0 Å². The van der Waals surface area contributed by atoms with Crippen molar-refractivity contribution in [2.24, 2.45) is 0 Å². The van der Waals surface area contributed by atoms with Crippen LogP contribution in [0.25, 0.3) is 10.1 Å². The molecule has 2 aromatic rings. The van der Waals surface area contributed by atoms with Gasteiger partial charge in [0.05, 0.1) is 0 Å². The van der Waals surface area contributed by atoms with Crippen LogP contribution in [0.2, 0.25) is 0 Å². The predicted octanol–water partition coefficient (Wildman–Crippen LogP) is 4.99. The minimum absolute atomic E-state index is 1.08. The van der Waals surface area contributed by atoms with Gasteiger partial charge in [0, 0.05) is 24.4 Å². The molecule has 0 nitrogen and oxygen atoms in total. The Labute approximate surface area is 98.2 Å². The highest BCUT2D eigenvalue weighted by molar-refractivity contribution is 9.11. The third-order valence-electron chi connectivity index (χ3n) is 2.10. The molecule has 0 amide bonds. The van der Waals surface area contributed by atoms with Crippen LogP contribution in [0.15, 0.2) is 26.5 Å². The molecule has 0 spiro atoms. The van der Waals surface area contributed by atoms with Crippen LogP contribution in [0.4, 0.5) is 0 Å². The Morgan fingerprint density at radius 1 is 1.31 bits per heavy atom. The summed E-state index contributed by atoms with van der Waals surface area (Å²) in [5, 5.41) is 3.43. The first-order valence-electron chi connectivity index (χ1n) is 4.08. The summed E-state index contributed by atoms with van der Waals surface area (Å²) in [6.45, 7) is 2.18. The van der Waals surface area contributed by atoms with E-state index >= 15 is 0 Å². The van der Waals surface area contributed by atoms with Gasteiger partial charge in [-0.2, -0.15) is 0 Å². The van der Waals surface area contributed by atoms with Crippen molar-refractivity contribution in [1.82, 2.24) is 0 Å². The minimum atomic E-state index is 1.08. The van der Waals surface area contributed by atoms with Crippen LogP contribution in [0, 0.1) is 0 Å². The second kappa shape index (κ2) is 3.71. The van der Waals surface area contributed by atoms with Gasteiger partial charge < -0.3 is 0 Å². The van der Waals surface area contributed by atoms with E-state index in [1.54, 1.807) is 11.3 Å². The topological polar surface area (TPSA) is 0 Å². The molecule has 0 fully saturated rings. The number of aryl methyl sites for hydroxylation is 1. The lowest BCUT2D eigenvalue weighted by atomic mass is 10.1. The maximum absolute atomic E-state index is 3.64. The van der Waals surface area contributed by atoms with Gasteiger partial charge in [-0.05, 0) is 43.8 Å². The number of rotatable bonds is 1. The highest BCUT2D eigenvalue weighted by Gasteiger charge is 2.07. The number of fused-ring (bicyclic) bond motifs is 1. The van der Waals surface area contributed by atoms with E-state index in [9.17, 15) is 0 Å². The Morgan fingerprint density at radius 3 is 2.77 bits per heavy atom. The number of halogens is 2. The Hall–Kier alpha value is 0.140. The maximum atomic E-state index is 3.64. The average Bonchev–Trinajstić information content (AvgIpc) is 2.50. The van der Waals surface area contributed by atoms with Crippen LogP contribution < -0.4 is 0 Å². The van der Waals surface area contributed by atoms with Crippen molar-refractivity contribution in [2.45, 2.75) is 13.3 Å². The van der Waals surface area contributed by atoms with Gasteiger partial charge in [-0.15, -0.1) is 11.3 Å². The highest BCUT2D eigenvalue weighted by atomic mass is 79.9. The van der Waals surface area contributed by atoms with Crippen molar-refractivity contribution >= 4 is 53.3 Å². The molecular formula is C10H8Br2S. The molecule has 0 atom stereocenters. The summed E-state index contributed by atoms with van der Waals surface area (Å²) >= 11 is 8.96. The van der Waals surface area contributed by atoms with E-state index in [1.165, 1.54) is 24.6 Å². The molecule has 1 heterocycles. The summed E-state index contributed by atoms with van der Waals surface area (Å²) in [6, 6.07) is 4.36. The Balaban J connectivity index is 2.80. The van der Waals surface area contributed by atoms with E-state index in [1.807, 2.05) is 0 Å². The van der Waals surface area contributed by atoms with Crippen molar-refractivity contribution < 1.29 is 0 Å². The summed E-state index contributed by atoms with van der Waals surface area (Å²) in [4.78, 5) is 0. The molecule has 0 unspecified atom stereocenters. The van der Waals surface area contributed by atoms with Gasteiger partial charge in [0.1, 0.15) is 0 Å². The molecule has 1 aromatic heterocycles. The fraction of sp³-hybridized carbons (Fsp3) is 0.200. The monoisotopic (exact) mass is 318 g/mol. The van der Waals surface area contributed by atoms with Crippen molar-refractivity contribution in [3.63, 3.8) is 0 Å². The van der Waals surface area contributed by atoms with Gasteiger partial charge in [-0.1, -0.05) is 19.1 Å². The molecule has 0 aliphatic heterocycles. The van der Waals surface area contributed by atoms with Gasteiger partial charge in [0.2, 0.25) is 0 Å². The van der Waals surface area contributed by atoms with Crippen LogP contribution in [-0.2, 0) is 6.42 Å². The molecule has 0 N–H and O–H groups in total.